The van der Waals surface area contributed by atoms with Crippen LogP contribution in [0.25, 0.3) is 0 Å². The first-order valence-electron chi connectivity index (χ1n) is 7.80. The van der Waals surface area contributed by atoms with Gasteiger partial charge in [-0.2, -0.15) is 0 Å². The van der Waals surface area contributed by atoms with Gasteiger partial charge in [0.05, 0.1) is 24.2 Å². The van der Waals surface area contributed by atoms with E-state index in [0.29, 0.717) is 18.2 Å². The Labute approximate surface area is 114 Å². The largest absolute Gasteiger partial charge is 0.376 e. The average Bonchev–Trinajstić information content (AvgIpc) is 3.01. The number of ether oxygens (including phenoxy) is 1. The Hall–Kier alpha value is -0.870. The van der Waals surface area contributed by atoms with Crippen molar-refractivity contribution >= 4 is 0 Å². The van der Waals surface area contributed by atoms with Gasteiger partial charge >= 0.3 is 0 Å². The van der Waals surface area contributed by atoms with E-state index in [2.05, 4.69) is 21.1 Å². The minimum Gasteiger partial charge on any atom is -0.376 e. The Balaban J connectivity index is 1.58. The summed E-state index contributed by atoms with van der Waals surface area (Å²) in [4.78, 5) is 4.42. The summed E-state index contributed by atoms with van der Waals surface area (Å²) >= 11 is 0. The third-order valence-electron chi connectivity index (χ3n) is 4.91. The molecule has 1 aliphatic carbocycles. The first kappa shape index (κ1) is 11.9. The summed E-state index contributed by atoms with van der Waals surface area (Å²) in [7, 11) is 0. The zero-order valence-electron chi connectivity index (χ0n) is 11.4. The van der Waals surface area contributed by atoms with Crippen molar-refractivity contribution in [3.05, 3.63) is 18.2 Å². The molecule has 3 atom stereocenters. The van der Waals surface area contributed by atoms with E-state index in [9.17, 15) is 0 Å². The molecule has 1 aromatic rings. The molecule has 4 rings (SSSR count). The summed E-state index contributed by atoms with van der Waals surface area (Å²) in [6.45, 7) is 2.06. The third-order valence-corrected chi connectivity index (χ3v) is 4.91. The standard InChI is InChI=1S/C15H23N3O/c1-2-7-17-12(3-1)14-9-16-10-18(14)13-6-8-19-15(13)11-4-5-11/h9-13,15,17H,1-8H2. The van der Waals surface area contributed by atoms with Crippen LogP contribution in [0.1, 0.15) is 56.3 Å². The topological polar surface area (TPSA) is 39.1 Å². The van der Waals surface area contributed by atoms with E-state index < -0.39 is 0 Å². The molecule has 19 heavy (non-hydrogen) atoms. The van der Waals surface area contributed by atoms with Crippen LogP contribution in [0, 0.1) is 5.92 Å². The number of imidazole rings is 1. The predicted molar refractivity (Wildman–Crippen MR) is 72.9 cm³/mol. The van der Waals surface area contributed by atoms with Gasteiger partial charge in [0, 0.05) is 18.8 Å². The lowest BCUT2D eigenvalue weighted by molar-refractivity contribution is 0.0741. The molecular weight excluding hydrogens is 238 g/mol. The number of hydrogen-bond acceptors (Lipinski definition) is 3. The highest BCUT2D eigenvalue weighted by Gasteiger charge is 2.42. The van der Waals surface area contributed by atoms with Crippen molar-refractivity contribution in [2.75, 3.05) is 13.2 Å². The van der Waals surface area contributed by atoms with Gasteiger partial charge in [0.1, 0.15) is 0 Å². The normalized spacial score (nSPS) is 35.7. The second-order valence-electron chi connectivity index (χ2n) is 6.26. The Bertz CT molecular complexity index is 434. The fourth-order valence-electron chi connectivity index (χ4n) is 3.74. The van der Waals surface area contributed by atoms with Crippen LogP contribution in [0.2, 0.25) is 0 Å². The second kappa shape index (κ2) is 4.91. The Morgan fingerprint density at radius 1 is 1.21 bits per heavy atom. The van der Waals surface area contributed by atoms with Crippen molar-refractivity contribution in [1.82, 2.24) is 14.9 Å². The Morgan fingerprint density at radius 2 is 2.16 bits per heavy atom. The zero-order valence-corrected chi connectivity index (χ0v) is 11.4. The van der Waals surface area contributed by atoms with Crippen molar-refractivity contribution in [2.24, 2.45) is 5.92 Å². The molecule has 0 radical (unpaired) electrons. The zero-order chi connectivity index (χ0) is 12.7. The van der Waals surface area contributed by atoms with Crippen LogP contribution < -0.4 is 5.32 Å². The summed E-state index contributed by atoms with van der Waals surface area (Å²) < 4.78 is 8.40. The SMILES string of the molecule is c1ncn(C2CCOC2C2CC2)c1C1CCCCN1. The van der Waals surface area contributed by atoms with Crippen molar-refractivity contribution < 1.29 is 4.74 Å². The number of aromatic nitrogens is 2. The van der Waals surface area contributed by atoms with Gasteiger partial charge in [-0.1, -0.05) is 6.42 Å². The van der Waals surface area contributed by atoms with E-state index in [1.165, 1.54) is 37.8 Å². The van der Waals surface area contributed by atoms with E-state index >= 15 is 0 Å². The van der Waals surface area contributed by atoms with Crippen molar-refractivity contribution in [2.45, 2.75) is 56.7 Å². The van der Waals surface area contributed by atoms with Gasteiger partial charge in [-0.15, -0.1) is 0 Å². The van der Waals surface area contributed by atoms with Gasteiger partial charge in [-0.05, 0) is 44.6 Å². The van der Waals surface area contributed by atoms with Crippen LogP contribution in [0.15, 0.2) is 12.5 Å². The molecule has 1 aromatic heterocycles. The molecule has 0 amide bonds. The molecule has 104 valence electrons. The minimum absolute atomic E-state index is 0.441. The Kier molecular flexibility index (Phi) is 3.08. The first-order valence-corrected chi connectivity index (χ1v) is 7.80. The second-order valence-corrected chi connectivity index (χ2v) is 6.26. The van der Waals surface area contributed by atoms with Crippen LogP contribution in [0.3, 0.4) is 0 Å². The first-order chi connectivity index (χ1) is 9.43. The molecule has 0 aromatic carbocycles. The van der Waals surface area contributed by atoms with E-state index in [-0.39, 0.29) is 0 Å². The van der Waals surface area contributed by atoms with Gasteiger partial charge < -0.3 is 14.6 Å². The van der Waals surface area contributed by atoms with Crippen LogP contribution >= 0.6 is 0 Å². The molecule has 2 saturated heterocycles. The van der Waals surface area contributed by atoms with E-state index in [1.54, 1.807) is 0 Å². The molecule has 4 heteroatoms. The van der Waals surface area contributed by atoms with Crippen molar-refractivity contribution in [1.29, 1.82) is 0 Å². The van der Waals surface area contributed by atoms with Crippen LogP contribution in [-0.2, 0) is 4.74 Å². The maximum atomic E-state index is 5.99. The summed E-state index contributed by atoms with van der Waals surface area (Å²) in [5.41, 5.74) is 1.38. The quantitative estimate of drug-likeness (QED) is 0.908. The molecule has 2 aliphatic heterocycles. The van der Waals surface area contributed by atoms with Gasteiger partial charge in [0.25, 0.3) is 0 Å². The predicted octanol–water partition coefficient (Wildman–Crippen LogP) is 2.44. The highest BCUT2D eigenvalue weighted by Crippen LogP contribution is 2.44. The summed E-state index contributed by atoms with van der Waals surface area (Å²) in [5.74, 6) is 0.807. The van der Waals surface area contributed by atoms with Gasteiger partial charge in [0.2, 0.25) is 0 Å². The molecule has 0 spiro atoms. The minimum atomic E-state index is 0.441. The van der Waals surface area contributed by atoms with Gasteiger partial charge in [0.15, 0.2) is 0 Å². The summed E-state index contributed by atoms with van der Waals surface area (Å²) in [6.07, 6.45) is 12.3. The molecule has 3 aliphatic rings. The highest BCUT2D eigenvalue weighted by molar-refractivity contribution is 5.10. The average molecular weight is 261 g/mol. The molecular formula is C15H23N3O. The number of piperidine rings is 1. The third kappa shape index (κ3) is 2.21. The lowest BCUT2D eigenvalue weighted by Gasteiger charge is -2.28. The van der Waals surface area contributed by atoms with Crippen LogP contribution in [0.5, 0.6) is 0 Å². The van der Waals surface area contributed by atoms with Gasteiger partial charge in [-0.25, -0.2) is 4.98 Å². The Morgan fingerprint density at radius 3 is 2.95 bits per heavy atom. The van der Waals surface area contributed by atoms with Crippen molar-refractivity contribution in [3.63, 3.8) is 0 Å². The highest BCUT2D eigenvalue weighted by atomic mass is 16.5. The number of nitrogens with zero attached hydrogens (tertiary/aromatic N) is 2. The fraction of sp³-hybridized carbons (Fsp3) is 0.800. The monoisotopic (exact) mass is 261 g/mol. The number of nitrogens with one attached hydrogen (secondary N) is 1. The molecule has 4 nitrogen and oxygen atoms in total. The maximum absolute atomic E-state index is 5.99. The summed E-state index contributed by atoms with van der Waals surface area (Å²) in [5, 5.41) is 3.64. The molecule has 1 saturated carbocycles. The summed E-state index contributed by atoms with van der Waals surface area (Å²) in [6, 6.07) is 1.02. The van der Waals surface area contributed by atoms with E-state index in [0.717, 1.165) is 25.5 Å². The number of hydrogen-bond donors (Lipinski definition) is 1. The van der Waals surface area contributed by atoms with E-state index in [4.69, 9.17) is 4.74 Å². The molecule has 1 N–H and O–H groups in total. The van der Waals surface area contributed by atoms with Crippen LogP contribution in [-0.4, -0.2) is 28.8 Å². The smallest absolute Gasteiger partial charge is 0.0952 e. The molecule has 0 bridgehead atoms. The lowest BCUT2D eigenvalue weighted by Crippen LogP contribution is -2.31. The molecule has 3 heterocycles. The molecule has 3 fully saturated rings. The lowest BCUT2D eigenvalue weighted by atomic mass is 10.0. The number of rotatable bonds is 3. The van der Waals surface area contributed by atoms with E-state index in [1.807, 2.05) is 6.33 Å². The maximum Gasteiger partial charge on any atom is 0.0952 e. The van der Waals surface area contributed by atoms with Crippen LogP contribution in [0.4, 0.5) is 0 Å². The van der Waals surface area contributed by atoms with Gasteiger partial charge in [-0.3, -0.25) is 0 Å². The molecule has 3 unspecified atom stereocenters. The fourth-order valence-corrected chi connectivity index (χ4v) is 3.74. The van der Waals surface area contributed by atoms with Crippen molar-refractivity contribution in [3.8, 4) is 0 Å².